The smallest absolute Gasteiger partial charge is 0.372 e. The molecule has 1 aromatic heterocycles. The minimum Gasteiger partial charge on any atom is -0.372 e. The Morgan fingerprint density at radius 1 is 1.38 bits per heavy atom. The minimum absolute atomic E-state index is 0.0176. The first-order valence-corrected chi connectivity index (χ1v) is 8.08. The van der Waals surface area contributed by atoms with Crippen LogP contribution >= 0.6 is 11.8 Å². The average Bonchev–Trinajstić information content (AvgIpc) is 2.58. The molecular weight excluding hydrogens is 369 g/mol. The van der Waals surface area contributed by atoms with E-state index in [1.165, 1.54) is 12.1 Å². The van der Waals surface area contributed by atoms with Crippen molar-refractivity contribution in [3.8, 4) is 6.07 Å². The Morgan fingerprint density at radius 2 is 2.12 bits per heavy atom. The molecule has 0 atom stereocenters. The second-order valence-corrected chi connectivity index (χ2v) is 5.85. The van der Waals surface area contributed by atoms with Crippen LogP contribution in [-0.4, -0.2) is 28.7 Å². The largest absolute Gasteiger partial charge is 0.416 e. The first-order chi connectivity index (χ1) is 12.2. The maximum Gasteiger partial charge on any atom is 0.416 e. The van der Waals surface area contributed by atoms with Gasteiger partial charge >= 0.3 is 6.18 Å². The van der Waals surface area contributed by atoms with E-state index >= 15 is 0 Å². The van der Waals surface area contributed by atoms with Gasteiger partial charge in [0.05, 0.1) is 11.3 Å². The molecule has 0 spiro atoms. The predicted molar refractivity (Wildman–Crippen MR) is 91.5 cm³/mol. The van der Waals surface area contributed by atoms with Gasteiger partial charge in [0.25, 0.3) is 0 Å². The van der Waals surface area contributed by atoms with Gasteiger partial charge in [-0.25, -0.2) is 4.98 Å². The van der Waals surface area contributed by atoms with Crippen molar-refractivity contribution in [3.63, 3.8) is 0 Å². The topological polar surface area (TPSA) is 117 Å². The van der Waals surface area contributed by atoms with Crippen molar-refractivity contribution in [3.05, 3.63) is 35.4 Å². The van der Waals surface area contributed by atoms with Crippen LogP contribution in [0, 0.1) is 11.3 Å². The third-order valence-corrected chi connectivity index (χ3v) is 4.03. The zero-order chi connectivity index (χ0) is 19.3. The molecule has 0 saturated heterocycles. The van der Waals surface area contributed by atoms with E-state index in [1.54, 1.807) is 7.05 Å². The molecule has 1 heterocycles. The first-order valence-electron chi connectivity index (χ1n) is 7.10. The van der Waals surface area contributed by atoms with Crippen LogP contribution in [-0.2, 0) is 11.0 Å². The Bertz CT molecular complexity index is 865. The van der Waals surface area contributed by atoms with Crippen molar-refractivity contribution in [2.45, 2.75) is 11.2 Å². The molecule has 0 aliphatic heterocycles. The number of hydrogen-bond acceptors (Lipinski definition) is 7. The van der Waals surface area contributed by atoms with Crippen molar-refractivity contribution in [1.29, 1.82) is 5.26 Å². The van der Waals surface area contributed by atoms with Gasteiger partial charge in [0, 0.05) is 12.7 Å². The number of carbonyl (C=O) groups excluding carboxylic acids is 1. The standard InChI is InChI=1S/C15H13F3N6OS/c1-21-12-10(6-19)13(24-14(20)23-12)26-7-11(25)22-9-4-2-3-8(5-9)15(16,17)18/h2-5H,7H2,1H3,(H,22,25)(H3,20,21,23,24). The van der Waals surface area contributed by atoms with Gasteiger partial charge in [-0.05, 0) is 18.2 Å². The van der Waals surface area contributed by atoms with E-state index in [9.17, 15) is 23.2 Å². The molecule has 0 aliphatic rings. The number of carbonyl (C=O) groups is 1. The maximum atomic E-state index is 12.7. The number of aromatic nitrogens is 2. The summed E-state index contributed by atoms with van der Waals surface area (Å²) in [5, 5.41) is 14.5. The number of thioether (sulfide) groups is 1. The maximum absolute atomic E-state index is 12.7. The summed E-state index contributed by atoms with van der Waals surface area (Å²) in [6, 6.07) is 6.21. The molecular formula is C15H13F3N6OS. The summed E-state index contributed by atoms with van der Waals surface area (Å²) in [5.41, 5.74) is 4.83. The Morgan fingerprint density at radius 3 is 2.73 bits per heavy atom. The second kappa shape index (κ2) is 7.92. The van der Waals surface area contributed by atoms with E-state index in [2.05, 4.69) is 20.6 Å². The van der Waals surface area contributed by atoms with Gasteiger partial charge in [-0.2, -0.15) is 23.4 Å². The molecule has 11 heteroatoms. The molecule has 1 aromatic carbocycles. The Hall–Kier alpha value is -3.00. The number of nitrogen functional groups attached to an aromatic ring is 1. The number of nitrogens with one attached hydrogen (secondary N) is 2. The van der Waals surface area contributed by atoms with Crippen molar-refractivity contribution in [2.24, 2.45) is 0 Å². The summed E-state index contributed by atoms with van der Waals surface area (Å²) in [7, 11) is 1.55. The quantitative estimate of drug-likeness (QED) is 0.538. The lowest BCUT2D eigenvalue weighted by Gasteiger charge is -2.10. The fourth-order valence-corrected chi connectivity index (χ4v) is 2.73. The Kier molecular flexibility index (Phi) is 5.89. The molecule has 26 heavy (non-hydrogen) atoms. The van der Waals surface area contributed by atoms with Crippen LogP contribution in [0.15, 0.2) is 29.3 Å². The fourth-order valence-electron chi connectivity index (χ4n) is 1.95. The molecule has 1 amide bonds. The molecule has 4 N–H and O–H groups in total. The number of amides is 1. The van der Waals surface area contributed by atoms with Crippen LogP contribution < -0.4 is 16.4 Å². The summed E-state index contributed by atoms with van der Waals surface area (Å²) in [4.78, 5) is 19.8. The van der Waals surface area contributed by atoms with Gasteiger partial charge in [-0.15, -0.1) is 0 Å². The van der Waals surface area contributed by atoms with Crippen LogP contribution in [0.25, 0.3) is 0 Å². The molecule has 136 valence electrons. The first kappa shape index (κ1) is 19.3. The number of alkyl halides is 3. The van der Waals surface area contributed by atoms with Crippen molar-refractivity contribution in [2.75, 3.05) is 29.2 Å². The molecule has 2 rings (SSSR count). The highest BCUT2D eigenvalue weighted by Crippen LogP contribution is 2.31. The van der Waals surface area contributed by atoms with E-state index in [-0.39, 0.29) is 33.8 Å². The molecule has 0 fully saturated rings. The van der Waals surface area contributed by atoms with Crippen LogP contribution in [0.2, 0.25) is 0 Å². The second-order valence-electron chi connectivity index (χ2n) is 4.89. The van der Waals surface area contributed by atoms with Gasteiger partial charge in [0.2, 0.25) is 11.9 Å². The lowest BCUT2D eigenvalue weighted by molar-refractivity contribution is -0.137. The van der Waals surface area contributed by atoms with Crippen molar-refractivity contribution in [1.82, 2.24) is 9.97 Å². The Labute approximate surface area is 150 Å². The third-order valence-electron chi connectivity index (χ3n) is 3.06. The van der Waals surface area contributed by atoms with E-state index in [0.717, 1.165) is 23.9 Å². The van der Waals surface area contributed by atoms with Crippen LogP contribution in [0.3, 0.4) is 0 Å². The number of nitrogens with zero attached hydrogens (tertiary/aromatic N) is 3. The van der Waals surface area contributed by atoms with Gasteiger partial charge in [-0.3, -0.25) is 4.79 Å². The normalized spacial score (nSPS) is 10.9. The number of halogens is 3. The minimum atomic E-state index is -4.50. The summed E-state index contributed by atoms with van der Waals surface area (Å²) in [6.07, 6.45) is -4.50. The van der Waals surface area contributed by atoms with E-state index < -0.39 is 17.6 Å². The molecule has 7 nitrogen and oxygen atoms in total. The van der Waals surface area contributed by atoms with E-state index in [4.69, 9.17) is 5.73 Å². The molecule has 0 radical (unpaired) electrons. The van der Waals surface area contributed by atoms with Crippen LogP contribution in [0.5, 0.6) is 0 Å². The lowest BCUT2D eigenvalue weighted by Crippen LogP contribution is -2.15. The number of rotatable bonds is 5. The number of nitriles is 1. The number of benzene rings is 1. The van der Waals surface area contributed by atoms with E-state index in [1.807, 2.05) is 6.07 Å². The molecule has 0 bridgehead atoms. The molecule has 0 saturated carbocycles. The molecule has 0 unspecified atom stereocenters. The zero-order valence-corrected chi connectivity index (χ0v) is 14.2. The average molecular weight is 382 g/mol. The van der Waals surface area contributed by atoms with Crippen LogP contribution in [0.4, 0.5) is 30.6 Å². The summed E-state index contributed by atoms with van der Waals surface area (Å²) < 4.78 is 38.1. The predicted octanol–water partition coefficient (Wildman–Crippen LogP) is 2.72. The summed E-state index contributed by atoms with van der Waals surface area (Å²) >= 11 is 0.925. The monoisotopic (exact) mass is 382 g/mol. The molecule has 2 aromatic rings. The Balaban J connectivity index is 2.09. The summed E-state index contributed by atoms with van der Waals surface area (Å²) in [6.45, 7) is 0. The van der Waals surface area contributed by atoms with E-state index in [0.29, 0.717) is 0 Å². The number of nitrogens with two attached hydrogens (primary N) is 1. The van der Waals surface area contributed by atoms with Gasteiger partial charge in [0.1, 0.15) is 16.7 Å². The van der Waals surface area contributed by atoms with Gasteiger partial charge in [0.15, 0.2) is 5.82 Å². The molecule has 0 aliphatic carbocycles. The number of hydrogen-bond donors (Lipinski definition) is 3. The highest BCUT2D eigenvalue weighted by Gasteiger charge is 2.30. The summed E-state index contributed by atoms with van der Waals surface area (Å²) in [5.74, 6) is -0.582. The highest BCUT2D eigenvalue weighted by atomic mass is 32.2. The van der Waals surface area contributed by atoms with Gasteiger partial charge in [-0.1, -0.05) is 17.8 Å². The highest BCUT2D eigenvalue weighted by molar-refractivity contribution is 8.00. The number of anilines is 3. The fraction of sp³-hybridized carbons (Fsp3) is 0.200. The lowest BCUT2D eigenvalue weighted by atomic mass is 10.2. The third kappa shape index (κ3) is 4.76. The van der Waals surface area contributed by atoms with Gasteiger partial charge < -0.3 is 16.4 Å². The zero-order valence-electron chi connectivity index (χ0n) is 13.4. The van der Waals surface area contributed by atoms with Crippen molar-refractivity contribution < 1.29 is 18.0 Å². The van der Waals surface area contributed by atoms with Crippen molar-refractivity contribution >= 4 is 35.1 Å². The van der Waals surface area contributed by atoms with Crippen LogP contribution in [0.1, 0.15) is 11.1 Å². The SMILES string of the molecule is CNc1nc(N)nc(SCC(=O)Nc2cccc(C(F)(F)F)c2)c1C#N.